The van der Waals surface area contributed by atoms with Crippen molar-refractivity contribution >= 4 is 11.6 Å². The molecule has 0 saturated heterocycles. The van der Waals surface area contributed by atoms with E-state index in [0.29, 0.717) is 0 Å². The quantitative estimate of drug-likeness (QED) is 0.510. The Kier molecular flexibility index (Phi) is 6.24. The smallest absolute Gasteiger partial charge is 0.208 e. The summed E-state index contributed by atoms with van der Waals surface area (Å²) in [6.45, 7) is 0. The third-order valence-electron chi connectivity index (χ3n) is 5.19. The molecular formula is C22H24O10. The van der Waals surface area contributed by atoms with Crippen LogP contribution in [0.15, 0.2) is 0 Å². The molecule has 2 aromatic carbocycles. The first-order valence-corrected chi connectivity index (χ1v) is 9.31. The lowest BCUT2D eigenvalue weighted by Gasteiger charge is -2.28. The monoisotopic (exact) mass is 448 g/mol. The molecule has 0 aliphatic heterocycles. The van der Waals surface area contributed by atoms with Crippen molar-refractivity contribution in [1.29, 1.82) is 0 Å². The normalized spacial score (nSPS) is 11.9. The van der Waals surface area contributed by atoms with Crippen LogP contribution < -0.4 is 37.9 Å². The van der Waals surface area contributed by atoms with Crippen LogP contribution in [0.5, 0.6) is 46.0 Å². The van der Waals surface area contributed by atoms with Crippen LogP contribution in [0, 0.1) is 0 Å². The highest BCUT2D eigenvalue weighted by atomic mass is 16.6. The Morgan fingerprint density at radius 3 is 0.594 bits per heavy atom. The molecule has 0 radical (unpaired) electrons. The van der Waals surface area contributed by atoms with Crippen molar-refractivity contribution in [2.45, 2.75) is 0 Å². The maximum Gasteiger partial charge on any atom is 0.208 e. The maximum absolute atomic E-state index is 13.9. The first-order chi connectivity index (χ1) is 15.4. The lowest BCUT2D eigenvalue weighted by molar-refractivity contribution is 0.0965. The summed E-state index contributed by atoms with van der Waals surface area (Å²) >= 11 is 0. The molecule has 0 spiro atoms. The van der Waals surface area contributed by atoms with E-state index in [1.54, 1.807) is 0 Å². The number of hydrogen-bond donors (Lipinski definition) is 0. The van der Waals surface area contributed by atoms with Crippen LogP contribution in [0.4, 0.5) is 0 Å². The first kappa shape index (κ1) is 22.9. The number of fused-ring (bicyclic) bond motifs is 2. The molecule has 2 aromatic rings. The van der Waals surface area contributed by atoms with Gasteiger partial charge in [0.1, 0.15) is 0 Å². The standard InChI is InChI=1S/C22H24O10/c1-25-15-9-10(16(26-2)20(30-6)19(15)29-5)14(24)12-11(13(9)23)17(27-3)21(31-7)22(32-8)18(12)28-4/h1-8H3. The molecule has 0 N–H and O–H groups in total. The lowest BCUT2D eigenvalue weighted by Crippen LogP contribution is -2.25. The van der Waals surface area contributed by atoms with Crippen molar-refractivity contribution in [1.82, 2.24) is 0 Å². The van der Waals surface area contributed by atoms with Crippen LogP contribution in [0.2, 0.25) is 0 Å². The van der Waals surface area contributed by atoms with Gasteiger partial charge in [-0.2, -0.15) is 0 Å². The Hall–Kier alpha value is -3.82. The van der Waals surface area contributed by atoms with Gasteiger partial charge >= 0.3 is 0 Å². The molecule has 0 amide bonds. The summed E-state index contributed by atoms with van der Waals surface area (Å²) in [6, 6.07) is 0. The van der Waals surface area contributed by atoms with E-state index in [1.807, 2.05) is 0 Å². The van der Waals surface area contributed by atoms with E-state index in [9.17, 15) is 9.59 Å². The van der Waals surface area contributed by atoms with Gasteiger partial charge in [0, 0.05) is 0 Å². The molecule has 0 saturated carbocycles. The second kappa shape index (κ2) is 8.74. The Balaban J connectivity index is 2.59. The van der Waals surface area contributed by atoms with Crippen molar-refractivity contribution < 1.29 is 47.5 Å². The molecule has 172 valence electrons. The second-order valence-electron chi connectivity index (χ2n) is 6.42. The number of rotatable bonds is 8. The van der Waals surface area contributed by atoms with E-state index in [2.05, 4.69) is 0 Å². The van der Waals surface area contributed by atoms with Crippen molar-refractivity contribution in [2.75, 3.05) is 56.9 Å². The SMILES string of the molecule is COc1c(OC)c(OC)c2c(c1OC)C(=O)c1c(OC)c(OC)c(OC)c(OC)c1C2=O. The zero-order valence-corrected chi connectivity index (χ0v) is 19.1. The van der Waals surface area contributed by atoms with Crippen LogP contribution in [0.1, 0.15) is 31.8 Å². The Morgan fingerprint density at radius 1 is 0.312 bits per heavy atom. The third-order valence-corrected chi connectivity index (χ3v) is 5.19. The van der Waals surface area contributed by atoms with Gasteiger partial charge in [0.25, 0.3) is 0 Å². The zero-order chi connectivity index (χ0) is 23.7. The van der Waals surface area contributed by atoms with E-state index >= 15 is 0 Å². The van der Waals surface area contributed by atoms with Gasteiger partial charge in [-0.1, -0.05) is 0 Å². The second-order valence-corrected chi connectivity index (χ2v) is 6.42. The fourth-order valence-corrected chi connectivity index (χ4v) is 3.96. The van der Waals surface area contributed by atoms with Crippen molar-refractivity contribution in [3.63, 3.8) is 0 Å². The number of ether oxygens (including phenoxy) is 8. The van der Waals surface area contributed by atoms with E-state index < -0.39 is 11.6 Å². The van der Waals surface area contributed by atoms with Gasteiger partial charge < -0.3 is 37.9 Å². The summed E-state index contributed by atoms with van der Waals surface area (Å²) in [7, 11) is 10.9. The predicted octanol–water partition coefficient (Wildman–Crippen LogP) is 2.53. The average Bonchev–Trinajstić information content (AvgIpc) is 2.82. The van der Waals surface area contributed by atoms with Gasteiger partial charge in [0.15, 0.2) is 23.0 Å². The fraction of sp³-hybridized carbons (Fsp3) is 0.364. The molecular weight excluding hydrogens is 424 g/mol. The van der Waals surface area contributed by atoms with Crippen LogP contribution in [-0.4, -0.2) is 68.4 Å². The van der Waals surface area contributed by atoms with Crippen LogP contribution in [0.25, 0.3) is 0 Å². The minimum Gasteiger partial charge on any atom is -0.492 e. The maximum atomic E-state index is 13.9. The molecule has 10 nitrogen and oxygen atoms in total. The molecule has 32 heavy (non-hydrogen) atoms. The van der Waals surface area contributed by atoms with Crippen molar-refractivity contribution in [3.05, 3.63) is 22.3 Å². The largest absolute Gasteiger partial charge is 0.492 e. The minimum absolute atomic E-state index is 0.0138. The number of benzene rings is 2. The summed E-state index contributed by atoms with van der Waals surface area (Å²) in [4.78, 5) is 27.7. The molecule has 1 aliphatic carbocycles. The Labute approximate surface area is 184 Å². The lowest BCUT2D eigenvalue weighted by atomic mass is 9.81. The van der Waals surface area contributed by atoms with Gasteiger partial charge in [-0.25, -0.2) is 0 Å². The number of ketones is 2. The molecule has 3 rings (SSSR count). The number of hydrogen-bond acceptors (Lipinski definition) is 10. The molecule has 0 bridgehead atoms. The van der Waals surface area contributed by atoms with E-state index in [-0.39, 0.29) is 68.2 Å². The molecule has 0 aromatic heterocycles. The Morgan fingerprint density at radius 2 is 0.469 bits per heavy atom. The Bertz CT molecular complexity index is 934. The van der Waals surface area contributed by atoms with Gasteiger partial charge in [-0.05, 0) is 0 Å². The van der Waals surface area contributed by atoms with E-state index in [0.717, 1.165) is 0 Å². The third kappa shape index (κ3) is 2.86. The van der Waals surface area contributed by atoms with Crippen LogP contribution in [0.3, 0.4) is 0 Å². The molecule has 0 heterocycles. The van der Waals surface area contributed by atoms with Gasteiger partial charge in [0.05, 0.1) is 79.1 Å². The highest BCUT2D eigenvalue weighted by Gasteiger charge is 2.45. The highest BCUT2D eigenvalue weighted by Crippen LogP contribution is 2.57. The fourth-order valence-electron chi connectivity index (χ4n) is 3.96. The summed E-state index contributed by atoms with van der Waals surface area (Å²) in [5.74, 6) is -0.713. The molecule has 1 aliphatic rings. The highest BCUT2D eigenvalue weighted by molar-refractivity contribution is 6.33. The number of methoxy groups -OCH3 is 8. The summed E-state index contributed by atoms with van der Waals surface area (Å²) in [5, 5.41) is 0. The first-order valence-electron chi connectivity index (χ1n) is 9.31. The number of carbonyl (C=O) groups excluding carboxylic acids is 2. The molecule has 10 heteroatoms. The van der Waals surface area contributed by atoms with Crippen LogP contribution >= 0.6 is 0 Å². The minimum atomic E-state index is -0.582. The van der Waals surface area contributed by atoms with Crippen LogP contribution in [-0.2, 0) is 0 Å². The number of carbonyl (C=O) groups is 2. The molecule has 0 fully saturated rings. The molecule has 0 atom stereocenters. The average molecular weight is 448 g/mol. The van der Waals surface area contributed by atoms with Gasteiger partial charge in [-0.3, -0.25) is 9.59 Å². The van der Waals surface area contributed by atoms with Crippen molar-refractivity contribution in [2.24, 2.45) is 0 Å². The van der Waals surface area contributed by atoms with E-state index in [1.165, 1.54) is 56.9 Å². The zero-order valence-electron chi connectivity index (χ0n) is 19.1. The van der Waals surface area contributed by atoms with E-state index in [4.69, 9.17) is 37.9 Å². The van der Waals surface area contributed by atoms with Crippen molar-refractivity contribution in [3.8, 4) is 46.0 Å². The van der Waals surface area contributed by atoms with Gasteiger partial charge in [0.2, 0.25) is 34.6 Å². The van der Waals surface area contributed by atoms with Gasteiger partial charge in [-0.15, -0.1) is 0 Å². The summed E-state index contributed by atoms with van der Waals surface area (Å²) in [5.41, 5.74) is -0.252. The molecule has 0 unspecified atom stereocenters. The predicted molar refractivity (Wildman–Crippen MR) is 112 cm³/mol. The topological polar surface area (TPSA) is 108 Å². The summed E-state index contributed by atoms with van der Waals surface area (Å²) < 4.78 is 43.6. The summed E-state index contributed by atoms with van der Waals surface area (Å²) in [6.07, 6.45) is 0.